The fourth-order valence-corrected chi connectivity index (χ4v) is 2.66. The topological polar surface area (TPSA) is 88.5 Å². The van der Waals surface area contributed by atoms with E-state index in [1.54, 1.807) is 36.7 Å². The van der Waals surface area contributed by atoms with Gasteiger partial charge in [-0.3, -0.25) is 9.78 Å². The van der Waals surface area contributed by atoms with Gasteiger partial charge in [0, 0.05) is 24.4 Å². The van der Waals surface area contributed by atoms with Crippen molar-refractivity contribution in [1.82, 2.24) is 10.3 Å². The lowest BCUT2D eigenvalue weighted by atomic mass is 10.1. The van der Waals surface area contributed by atoms with E-state index < -0.39 is 17.9 Å². The largest absolute Gasteiger partial charge is 0.489 e. The summed E-state index contributed by atoms with van der Waals surface area (Å²) in [7, 11) is 0. The van der Waals surface area contributed by atoms with E-state index in [2.05, 4.69) is 10.3 Å². The minimum absolute atomic E-state index is 0.208. The van der Waals surface area contributed by atoms with E-state index in [4.69, 9.17) is 4.74 Å². The van der Waals surface area contributed by atoms with E-state index in [0.29, 0.717) is 17.9 Å². The van der Waals surface area contributed by atoms with E-state index in [9.17, 15) is 14.7 Å². The van der Waals surface area contributed by atoms with Crippen LogP contribution in [0, 0.1) is 0 Å². The van der Waals surface area contributed by atoms with Crippen LogP contribution in [0.4, 0.5) is 0 Å². The number of pyridine rings is 1. The molecule has 0 aliphatic carbocycles. The van der Waals surface area contributed by atoms with Crippen molar-refractivity contribution in [3.05, 3.63) is 95.8 Å². The second kappa shape index (κ2) is 9.32. The standard InChI is InChI=1S/C22H20N2O4/c25-21(24-20(22(26)27)13-16-5-2-1-3-6-16)18-7-4-8-19(14-18)28-15-17-9-11-23-12-10-17/h1-12,14,20H,13,15H2,(H,24,25)(H,26,27). The van der Waals surface area contributed by atoms with Gasteiger partial charge in [0.15, 0.2) is 0 Å². The van der Waals surface area contributed by atoms with Crippen molar-refractivity contribution < 1.29 is 19.4 Å². The first kappa shape index (κ1) is 19.1. The molecule has 0 saturated heterocycles. The maximum absolute atomic E-state index is 12.5. The Hall–Kier alpha value is -3.67. The smallest absolute Gasteiger partial charge is 0.326 e. The molecule has 6 nitrogen and oxygen atoms in total. The number of carboxylic acid groups (broad SMARTS) is 1. The number of hydrogen-bond acceptors (Lipinski definition) is 4. The predicted molar refractivity (Wildman–Crippen MR) is 104 cm³/mol. The van der Waals surface area contributed by atoms with Gasteiger partial charge < -0.3 is 15.2 Å². The van der Waals surface area contributed by atoms with Crippen LogP contribution >= 0.6 is 0 Å². The summed E-state index contributed by atoms with van der Waals surface area (Å²) >= 11 is 0. The lowest BCUT2D eigenvalue weighted by Crippen LogP contribution is -2.42. The van der Waals surface area contributed by atoms with Crippen LogP contribution in [-0.2, 0) is 17.8 Å². The molecule has 28 heavy (non-hydrogen) atoms. The molecule has 0 radical (unpaired) electrons. The number of ether oxygens (including phenoxy) is 1. The van der Waals surface area contributed by atoms with Crippen molar-refractivity contribution in [2.45, 2.75) is 19.1 Å². The maximum Gasteiger partial charge on any atom is 0.326 e. The van der Waals surface area contributed by atoms with Gasteiger partial charge in [-0.2, -0.15) is 0 Å². The molecule has 1 unspecified atom stereocenters. The molecule has 0 fully saturated rings. The van der Waals surface area contributed by atoms with Crippen LogP contribution in [0.3, 0.4) is 0 Å². The fraction of sp³-hybridized carbons (Fsp3) is 0.136. The number of carbonyl (C=O) groups is 2. The van der Waals surface area contributed by atoms with Gasteiger partial charge in [-0.15, -0.1) is 0 Å². The highest BCUT2D eigenvalue weighted by Gasteiger charge is 2.21. The predicted octanol–water partition coefficient (Wildman–Crippen LogP) is 3.09. The maximum atomic E-state index is 12.5. The van der Waals surface area contributed by atoms with Crippen LogP contribution in [0.1, 0.15) is 21.5 Å². The molecule has 1 heterocycles. The first-order valence-corrected chi connectivity index (χ1v) is 8.81. The fourth-order valence-electron chi connectivity index (χ4n) is 2.66. The quantitative estimate of drug-likeness (QED) is 0.631. The summed E-state index contributed by atoms with van der Waals surface area (Å²) in [5, 5.41) is 12.0. The average molecular weight is 376 g/mol. The molecule has 3 aromatic rings. The third-order valence-corrected chi connectivity index (χ3v) is 4.14. The average Bonchev–Trinajstić information content (AvgIpc) is 2.73. The first-order valence-electron chi connectivity index (χ1n) is 8.81. The Morgan fingerprint density at radius 1 is 0.964 bits per heavy atom. The summed E-state index contributed by atoms with van der Waals surface area (Å²) in [6.07, 6.45) is 3.57. The molecular formula is C22H20N2O4. The van der Waals surface area contributed by atoms with Gasteiger partial charge in [-0.25, -0.2) is 4.79 Å². The number of carboxylic acids is 1. The Morgan fingerprint density at radius 2 is 1.71 bits per heavy atom. The molecule has 1 atom stereocenters. The van der Waals surface area contributed by atoms with Crippen molar-refractivity contribution in [1.29, 1.82) is 0 Å². The molecule has 0 saturated carbocycles. The third kappa shape index (κ3) is 5.41. The summed E-state index contributed by atoms with van der Waals surface area (Å²) in [4.78, 5) is 28.0. The van der Waals surface area contributed by atoms with Crippen LogP contribution < -0.4 is 10.1 Å². The molecule has 0 spiro atoms. The van der Waals surface area contributed by atoms with Gasteiger partial charge in [-0.05, 0) is 41.5 Å². The zero-order valence-electron chi connectivity index (χ0n) is 15.1. The zero-order valence-corrected chi connectivity index (χ0v) is 15.1. The van der Waals surface area contributed by atoms with Crippen LogP contribution in [0.5, 0.6) is 5.75 Å². The Balaban J connectivity index is 1.64. The Bertz CT molecular complexity index is 930. The summed E-state index contributed by atoms with van der Waals surface area (Å²) in [6.45, 7) is 0.347. The molecule has 0 aliphatic rings. The molecule has 1 aromatic heterocycles. The summed E-state index contributed by atoms with van der Waals surface area (Å²) in [6, 6.07) is 18.5. The van der Waals surface area contributed by atoms with E-state index in [1.165, 1.54) is 0 Å². The van der Waals surface area contributed by atoms with Gasteiger partial charge in [0.2, 0.25) is 0 Å². The van der Waals surface area contributed by atoms with Crippen molar-refractivity contribution >= 4 is 11.9 Å². The lowest BCUT2D eigenvalue weighted by Gasteiger charge is -2.15. The van der Waals surface area contributed by atoms with Crippen LogP contribution in [0.25, 0.3) is 0 Å². The SMILES string of the molecule is O=C(NC(Cc1ccccc1)C(=O)O)c1cccc(OCc2ccncc2)c1. The van der Waals surface area contributed by atoms with Crippen LogP contribution in [0.15, 0.2) is 79.1 Å². The van der Waals surface area contributed by atoms with Crippen LogP contribution in [0.2, 0.25) is 0 Å². The molecule has 3 rings (SSSR count). The molecule has 2 N–H and O–H groups in total. The molecule has 6 heteroatoms. The van der Waals surface area contributed by atoms with Gasteiger partial charge in [-0.1, -0.05) is 36.4 Å². The van der Waals surface area contributed by atoms with Crippen molar-refractivity contribution in [2.24, 2.45) is 0 Å². The zero-order chi connectivity index (χ0) is 19.8. The van der Waals surface area contributed by atoms with E-state index in [0.717, 1.165) is 11.1 Å². The van der Waals surface area contributed by atoms with Gasteiger partial charge in [0.05, 0.1) is 0 Å². The number of hydrogen-bond donors (Lipinski definition) is 2. The number of rotatable bonds is 8. The number of aliphatic carboxylic acids is 1. The number of amides is 1. The Kier molecular flexibility index (Phi) is 6.36. The number of carbonyl (C=O) groups excluding carboxylic acids is 1. The van der Waals surface area contributed by atoms with Crippen molar-refractivity contribution in [3.63, 3.8) is 0 Å². The number of aromatic nitrogens is 1. The number of nitrogens with one attached hydrogen (secondary N) is 1. The second-order valence-electron chi connectivity index (χ2n) is 6.23. The normalized spacial score (nSPS) is 11.4. The number of nitrogens with zero attached hydrogens (tertiary/aromatic N) is 1. The Labute approximate surface area is 162 Å². The summed E-state index contributed by atoms with van der Waals surface area (Å²) < 4.78 is 5.71. The highest BCUT2D eigenvalue weighted by molar-refractivity contribution is 5.97. The summed E-state index contributed by atoms with van der Waals surface area (Å²) in [5.74, 6) is -1.01. The highest BCUT2D eigenvalue weighted by atomic mass is 16.5. The lowest BCUT2D eigenvalue weighted by molar-refractivity contribution is -0.139. The molecule has 142 valence electrons. The molecule has 0 bridgehead atoms. The third-order valence-electron chi connectivity index (χ3n) is 4.14. The minimum atomic E-state index is -1.08. The monoisotopic (exact) mass is 376 g/mol. The molecule has 1 amide bonds. The van der Waals surface area contributed by atoms with Crippen molar-refractivity contribution in [2.75, 3.05) is 0 Å². The highest BCUT2D eigenvalue weighted by Crippen LogP contribution is 2.15. The van der Waals surface area contributed by atoms with E-state index >= 15 is 0 Å². The summed E-state index contributed by atoms with van der Waals surface area (Å²) in [5.41, 5.74) is 2.13. The molecule has 2 aromatic carbocycles. The first-order chi connectivity index (χ1) is 13.6. The number of benzene rings is 2. The Morgan fingerprint density at radius 3 is 2.43 bits per heavy atom. The molecular weight excluding hydrogens is 356 g/mol. The second-order valence-corrected chi connectivity index (χ2v) is 6.23. The van der Waals surface area contributed by atoms with E-state index in [1.807, 2.05) is 42.5 Å². The van der Waals surface area contributed by atoms with Gasteiger partial charge in [0.1, 0.15) is 18.4 Å². The van der Waals surface area contributed by atoms with Gasteiger partial charge in [0.25, 0.3) is 5.91 Å². The minimum Gasteiger partial charge on any atom is -0.489 e. The van der Waals surface area contributed by atoms with Gasteiger partial charge >= 0.3 is 5.97 Å². The van der Waals surface area contributed by atoms with E-state index in [-0.39, 0.29) is 6.42 Å². The molecule has 0 aliphatic heterocycles. The van der Waals surface area contributed by atoms with Crippen molar-refractivity contribution in [3.8, 4) is 5.75 Å². The van der Waals surface area contributed by atoms with Crippen LogP contribution in [-0.4, -0.2) is 28.0 Å².